The van der Waals surface area contributed by atoms with Crippen LogP contribution in [0, 0.1) is 6.92 Å². The molecular formula is C19H21N3O. The number of pyridine rings is 2. The topological polar surface area (TPSA) is 46.1 Å². The predicted molar refractivity (Wildman–Crippen MR) is 89.5 cm³/mol. The van der Waals surface area contributed by atoms with Crippen LogP contribution in [0.25, 0.3) is 0 Å². The largest absolute Gasteiger partial charge is 0.290 e. The fraction of sp³-hybridized carbons (Fsp3) is 0.421. The summed E-state index contributed by atoms with van der Waals surface area (Å²) >= 11 is 0. The van der Waals surface area contributed by atoms with Crippen LogP contribution in [0.4, 0.5) is 5.82 Å². The molecule has 3 heterocycles. The summed E-state index contributed by atoms with van der Waals surface area (Å²) in [6, 6.07) is 6.16. The van der Waals surface area contributed by atoms with E-state index in [0.29, 0.717) is 6.42 Å². The zero-order valence-electron chi connectivity index (χ0n) is 14.1. The molecule has 0 bridgehead atoms. The van der Waals surface area contributed by atoms with Crippen molar-refractivity contribution in [1.29, 1.82) is 0 Å². The number of aryl methyl sites for hydroxylation is 1. The lowest BCUT2D eigenvalue weighted by Gasteiger charge is -2.33. The average molecular weight is 307 g/mol. The fourth-order valence-corrected chi connectivity index (χ4v) is 3.98. The molecule has 2 aromatic heterocycles. The van der Waals surface area contributed by atoms with E-state index in [0.717, 1.165) is 29.1 Å². The number of hydrogen-bond acceptors (Lipinski definition) is 3. The number of nitrogens with zero attached hydrogens (tertiary/aromatic N) is 3. The smallest absolute Gasteiger partial charge is 0.240 e. The van der Waals surface area contributed by atoms with Gasteiger partial charge in [0, 0.05) is 35.6 Å². The summed E-state index contributed by atoms with van der Waals surface area (Å²) < 4.78 is 0. The fourth-order valence-electron chi connectivity index (χ4n) is 3.98. The Morgan fingerprint density at radius 1 is 1.22 bits per heavy atom. The van der Waals surface area contributed by atoms with Crippen molar-refractivity contribution in [2.45, 2.75) is 51.5 Å². The normalized spacial score (nSPS) is 22.6. The van der Waals surface area contributed by atoms with Gasteiger partial charge in [0.2, 0.25) is 5.91 Å². The highest BCUT2D eigenvalue weighted by molar-refractivity contribution is 6.08. The molecule has 2 aromatic rings. The van der Waals surface area contributed by atoms with E-state index in [-0.39, 0.29) is 11.4 Å². The highest BCUT2D eigenvalue weighted by Gasteiger charge is 2.57. The maximum absolute atomic E-state index is 13.4. The maximum atomic E-state index is 13.4. The summed E-state index contributed by atoms with van der Waals surface area (Å²) in [5.74, 6) is 0.976. The summed E-state index contributed by atoms with van der Waals surface area (Å²) in [7, 11) is 0. The molecular weight excluding hydrogens is 286 g/mol. The quantitative estimate of drug-likeness (QED) is 0.751. The van der Waals surface area contributed by atoms with E-state index >= 15 is 0 Å². The molecule has 2 aliphatic rings. The molecule has 0 fully saturated rings. The van der Waals surface area contributed by atoms with Crippen LogP contribution >= 0.6 is 0 Å². The SMILES string of the molecule is Cc1cnc2c(c1)C[C@@]1(C2)C(=O)N(C(C)(C)C)c2ncccc21. The van der Waals surface area contributed by atoms with Crippen LogP contribution in [-0.4, -0.2) is 21.4 Å². The van der Waals surface area contributed by atoms with Gasteiger partial charge >= 0.3 is 0 Å². The molecule has 118 valence electrons. The van der Waals surface area contributed by atoms with E-state index in [1.165, 1.54) is 5.56 Å². The molecule has 0 saturated carbocycles. The maximum Gasteiger partial charge on any atom is 0.240 e. The number of carbonyl (C=O) groups excluding carboxylic acids is 1. The molecule has 0 aromatic carbocycles. The standard InChI is InChI=1S/C19H21N3O/c1-12-8-13-9-19(10-15(13)21-11-12)14-6-5-7-20-16(14)22(17(19)23)18(2,3)4/h5-8,11H,9-10H2,1-4H3/t19-/m0/s1. The Bertz CT molecular complexity index is 822. The third kappa shape index (κ3) is 1.87. The van der Waals surface area contributed by atoms with E-state index < -0.39 is 5.41 Å². The highest BCUT2D eigenvalue weighted by Crippen LogP contribution is 2.50. The predicted octanol–water partition coefficient (Wildman–Crippen LogP) is 2.97. The van der Waals surface area contributed by atoms with Crippen molar-refractivity contribution in [2.24, 2.45) is 0 Å². The summed E-state index contributed by atoms with van der Waals surface area (Å²) in [5.41, 5.74) is 3.63. The molecule has 4 rings (SSSR count). The first-order valence-corrected chi connectivity index (χ1v) is 8.07. The summed E-state index contributed by atoms with van der Waals surface area (Å²) in [5, 5.41) is 0. The van der Waals surface area contributed by atoms with Gasteiger partial charge in [0.1, 0.15) is 5.82 Å². The van der Waals surface area contributed by atoms with Crippen LogP contribution in [0.15, 0.2) is 30.6 Å². The van der Waals surface area contributed by atoms with Gasteiger partial charge in [0.15, 0.2) is 0 Å². The van der Waals surface area contributed by atoms with Gasteiger partial charge in [-0.1, -0.05) is 12.1 Å². The van der Waals surface area contributed by atoms with Gasteiger partial charge in [0.05, 0.1) is 5.41 Å². The monoisotopic (exact) mass is 307 g/mol. The van der Waals surface area contributed by atoms with E-state index in [2.05, 4.69) is 42.9 Å². The molecule has 4 heteroatoms. The lowest BCUT2D eigenvalue weighted by molar-refractivity contribution is -0.123. The van der Waals surface area contributed by atoms with Crippen molar-refractivity contribution in [3.8, 4) is 0 Å². The summed E-state index contributed by atoms with van der Waals surface area (Å²) in [6.07, 6.45) is 5.06. The Kier molecular flexibility index (Phi) is 2.75. The van der Waals surface area contributed by atoms with Crippen LogP contribution < -0.4 is 4.90 Å². The van der Waals surface area contributed by atoms with E-state index in [9.17, 15) is 4.79 Å². The van der Waals surface area contributed by atoms with Gasteiger partial charge < -0.3 is 0 Å². The van der Waals surface area contributed by atoms with Crippen molar-refractivity contribution < 1.29 is 4.79 Å². The Hall–Kier alpha value is -2.23. The second kappa shape index (κ2) is 4.40. The van der Waals surface area contributed by atoms with Crippen molar-refractivity contribution >= 4 is 11.7 Å². The molecule has 1 amide bonds. The second-order valence-electron chi connectivity index (χ2n) is 7.74. The molecule has 0 N–H and O–H groups in total. The van der Waals surface area contributed by atoms with Crippen LogP contribution in [-0.2, 0) is 23.1 Å². The molecule has 0 radical (unpaired) electrons. The van der Waals surface area contributed by atoms with Gasteiger partial charge in [0.25, 0.3) is 0 Å². The molecule has 1 aliphatic heterocycles. The molecule has 1 spiro atoms. The van der Waals surface area contributed by atoms with Crippen molar-refractivity contribution in [3.05, 3.63) is 53.0 Å². The summed E-state index contributed by atoms with van der Waals surface area (Å²) in [4.78, 5) is 24.4. The molecule has 1 atom stereocenters. The first-order chi connectivity index (χ1) is 10.8. The van der Waals surface area contributed by atoms with Crippen LogP contribution in [0.1, 0.15) is 43.2 Å². The number of amides is 1. The second-order valence-corrected chi connectivity index (χ2v) is 7.74. The minimum Gasteiger partial charge on any atom is -0.290 e. The number of fused-ring (bicyclic) bond motifs is 3. The summed E-state index contributed by atoms with van der Waals surface area (Å²) in [6.45, 7) is 8.23. The van der Waals surface area contributed by atoms with Gasteiger partial charge in [-0.3, -0.25) is 14.7 Å². The third-order valence-corrected chi connectivity index (χ3v) is 4.96. The molecule has 23 heavy (non-hydrogen) atoms. The molecule has 1 aliphatic carbocycles. The van der Waals surface area contributed by atoms with Crippen molar-refractivity contribution in [3.63, 3.8) is 0 Å². The number of carbonyl (C=O) groups is 1. The zero-order chi connectivity index (χ0) is 16.4. The number of aromatic nitrogens is 2. The first kappa shape index (κ1) is 14.4. The van der Waals surface area contributed by atoms with Gasteiger partial charge in [-0.05, 0) is 51.3 Å². The van der Waals surface area contributed by atoms with Crippen molar-refractivity contribution in [2.75, 3.05) is 4.90 Å². The lowest BCUT2D eigenvalue weighted by atomic mass is 9.79. The average Bonchev–Trinajstić information content (AvgIpc) is 2.96. The molecule has 0 unspecified atom stereocenters. The third-order valence-electron chi connectivity index (χ3n) is 4.96. The van der Waals surface area contributed by atoms with E-state index in [4.69, 9.17) is 0 Å². The van der Waals surface area contributed by atoms with E-state index in [1.54, 1.807) is 6.20 Å². The number of hydrogen-bond donors (Lipinski definition) is 0. The number of rotatable bonds is 0. The minimum absolute atomic E-state index is 0.161. The lowest BCUT2D eigenvalue weighted by Crippen LogP contribution is -2.49. The Labute approximate surface area is 136 Å². The van der Waals surface area contributed by atoms with E-state index in [1.807, 2.05) is 24.1 Å². The van der Waals surface area contributed by atoms with Crippen LogP contribution in [0.2, 0.25) is 0 Å². The Morgan fingerprint density at radius 3 is 2.74 bits per heavy atom. The van der Waals surface area contributed by atoms with Gasteiger partial charge in [-0.15, -0.1) is 0 Å². The zero-order valence-corrected chi connectivity index (χ0v) is 14.1. The van der Waals surface area contributed by atoms with Crippen LogP contribution in [0.5, 0.6) is 0 Å². The molecule has 0 saturated heterocycles. The minimum atomic E-state index is -0.528. The highest BCUT2D eigenvalue weighted by atomic mass is 16.2. The number of anilines is 1. The van der Waals surface area contributed by atoms with Crippen LogP contribution in [0.3, 0.4) is 0 Å². The first-order valence-electron chi connectivity index (χ1n) is 8.07. The Balaban J connectivity index is 1.90. The van der Waals surface area contributed by atoms with Crippen molar-refractivity contribution in [1.82, 2.24) is 9.97 Å². The molecule has 4 nitrogen and oxygen atoms in total. The van der Waals surface area contributed by atoms with Gasteiger partial charge in [-0.25, -0.2) is 4.98 Å². The Morgan fingerprint density at radius 2 is 2.00 bits per heavy atom. The van der Waals surface area contributed by atoms with Gasteiger partial charge in [-0.2, -0.15) is 0 Å².